The minimum absolute atomic E-state index is 0.440. The van der Waals surface area contributed by atoms with Crippen LogP contribution in [0.3, 0.4) is 0 Å². The number of allylic oxidation sites excluding steroid dienone is 3. The molecular weight excluding hydrogens is 661 g/mol. The summed E-state index contributed by atoms with van der Waals surface area (Å²) in [6, 6.07) is 48.9. The quantitative estimate of drug-likeness (QED) is 0.171. The van der Waals surface area contributed by atoms with Crippen LogP contribution in [0.2, 0.25) is 0 Å². The number of rotatable bonds is 3. The van der Waals surface area contributed by atoms with Gasteiger partial charge in [0.25, 0.3) is 0 Å². The molecule has 3 aromatic heterocycles. The average molecular weight is 685 g/mol. The second-order valence-electron chi connectivity index (χ2n) is 13.1. The maximum absolute atomic E-state index is 11.1. The van der Waals surface area contributed by atoms with Gasteiger partial charge in [0.05, 0.1) is 33.8 Å². The van der Waals surface area contributed by atoms with Crippen molar-refractivity contribution in [2.24, 2.45) is 0 Å². The molecule has 246 valence electrons. The van der Waals surface area contributed by atoms with Gasteiger partial charge >= 0.3 is 0 Å². The van der Waals surface area contributed by atoms with E-state index in [0.717, 1.165) is 83.5 Å². The Kier molecular flexibility index (Phi) is 6.89. The number of benzene rings is 4. The van der Waals surface area contributed by atoms with E-state index < -0.39 is 0 Å². The summed E-state index contributed by atoms with van der Waals surface area (Å²) >= 11 is 0. The van der Waals surface area contributed by atoms with Gasteiger partial charge in [-0.3, -0.25) is 15.0 Å². The molecule has 0 radical (unpaired) electrons. The largest absolute Gasteiger partial charge is 0.255 e. The van der Waals surface area contributed by atoms with E-state index in [1.807, 2.05) is 91.0 Å². The fraction of sp³-hybridized carbons (Fsp3) is 0. The van der Waals surface area contributed by atoms with Crippen LogP contribution < -0.4 is 0 Å². The van der Waals surface area contributed by atoms with Gasteiger partial charge in [0, 0.05) is 52.0 Å². The Hall–Kier alpha value is -7.98. The number of pyridine rings is 3. The third kappa shape index (κ3) is 4.22. The molecule has 0 unspecified atom stereocenters. The molecule has 0 fully saturated rings. The Morgan fingerprint density at radius 2 is 0.574 bits per heavy atom. The topological polar surface area (TPSA) is 110 Å². The second kappa shape index (κ2) is 12.1. The molecule has 6 nitrogen and oxygen atoms in total. The first kappa shape index (κ1) is 30.8. The number of nitriles is 3. The van der Waals surface area contributed by atoms with E-state index in [4.69, 9.17) is 0 Å². The summed E-state index contributed by atoms with van der Waals surface area (Å²) in [6.45, 7) is 0. The van der Waals surface area contributed by atoms with Gasteiger partial charge in [0.15, 0.2) is 0 Å². The molecule has 0 N–H and O–H groups in total. The number of nitrogens with zero attached hydrogens (tertiary/aromatic N) is 6. The molecule has 6 heteroatoms. The maximum atomic E-state index is 11.1. The van der Waals surface area contributed by atoms with Crippen molar-refractivity contribution in [3.8, 4) is 51.6 Å². The standard InChI is InChI=1S/C48H24N6/c49-25-34(37-19-7-10-22-52-37)40-28-13-1-4-16-31(28)43-46(40)44-32-17-5-2-14-29(32)42(36(27-51)39-21-9-12-24-54-39)48(44)45-33-18-6-3-15-30(33)41(47(43)45)35(26-50)38-20-8-11-23-53-38/h1-24H/b40-34+,41-35+,42-36+. The highest BCUT2D eigenvalue weighted by Crippen LogP contribution is 2.65. The zero-order valence-electron chi connectivity index (χ0n) is 28.5. The van der Waals surface area contributed by atoms with Crippen molar-refractivity contribution in [2.45, 2.75) is 0 Å². The predicted molar refractivity (Wildman–Crippen MR) is 210 cm³/mol. The lowest BCUT2D eigenvalue weighted by Gasteiger charge is -2.20. The predicted octanol–water partition coefficient (Wildman–Crippen LogP) is 10.3. The summed E-state index contributed by atoms with van der Waals surface area (Å²) in [5.41, 5.74) is 16.3. The first-order valence-electron chi connectivity index (χ1n) is 17.5. The summed E-state index contributed by atoms with van der Waals surface area (Å²) in [5.74, 6) is 0. The highest BCUT2D eigenvalue weighted by molar-refractivity contribution is 6.29. The average Bonchev–Trinajstić information content (AvgIpc) is 3.87. The second-order valence-corrected chi connectivity index (χ2v) is 13.1. The van der Waals surface area contributed by atoms with Crippen LogP contribution >= 0.6 is 0 Å². The minimum atomic E-state index is 0.440. The third-order valence-corrected chi connectivity index (χ3v) is 10.5. The fourth-order valence-corrected chi connectivity index (χ4v) is 8.50. The molecule has 3 aliphatic rings. The van der Waals surface area contributed by atoms with Crippen LogP contribution in [0, 0.1) is 34.0 Å². The van der Waals surface area contributed by atoms with Gasteiger partial charge in [-0.25, -0.2) is 0 Å². The Bertz CT molecular complexity index is 2640. The lowest BCUT2D eigenvalue weighted by atomic mass is 9.81. The summed E-state index contributed by atoms with van der Waals surface area (Å²) in [5, 5.41) is 33.2. The molecule has 7 aromatic rings. The summed E-state index contributed by atoms with van der Waals surface area (Å²) in [6.07, 6.45) is 5.11. The Morgan fingerprint density at radius 1 is 0.315 bits per heavy atom. The highest BCUT2D eigenvalue weighted by Gasteiger charge is 2.44. The molecule has 0 bridgehead atoms. The molecule has 54 heavy (non-hydrogen) atoms. The van der Waals surface area contributed by atoms with Gasteiger partial charge in [0.2, 0.25) is 0 Å². The van der Waals surface area contributed by atoms with Crippen molar-refractivity contribution < 1.29 is 0 Å². The number of hydrogen-bond acceptors (Lipinski definition) is 6. The van der Waals surface area contributed by atoms with Gasteiger partial charge in [-0.1, -0.05) is 91.0 Å². The highest BCUT2D eigenvalue weighted by atomic mass is 14.7. The first-order chi connectivity index (χ1) is 26.7. The summed E-state index contributed by atoms with van der Waals surface area (Å²) < 4.78 is 0. The van der Waals surface area contributed by atoms with E-state index in [2.05, 4.69) is 69.6 Å². The van der Waals surface area contributed by atoms with Crippen LogP contribution in [0.25, 0.3) is 66.8 Å². The number of fused-ring (bicyclic) bond motifs is 12. The first-order valence-corrected chi connectivity index (χ1v) is 17.5. The normalized spacial score (nSPS) is 15.3. The van der Waals surface area contributed by atoms with Crippen LogP contribution in [-0.4, -0.2) is 15.0 Å². The molecule has 0 saturated carbocycles. The molecule has 4 aromatic carbocycles. The summed E-state index contributed by atoms with van der Waals surface area (Å²) in [7, 11) is 0. The zero-order chi connectivity index (χ0) is 36.3. The Morgan fingerprint density at radius 3 is 0.815 bits per heavy atom. The van der Waals surface area contributed by atoms with Crippen LogP contribution in [0.15, 0.2) is 146 Å². The van der Waals surface area contributed by atoms with Crippen molar-refractivity contribution in [2.75, 3.05) is 0 Å². The maximum Gasteiger partial charge on any atom is 0.102 e. The van der Waals surface area contributed by atoms with E-state index in [9.17, 15) is 15.8 Å². The number of aromatic nitrogens is 3. The SMILES string of the molecule is N#C/C(=C1/c2ccccc2-c2c1c1c(c3c2/C(=C(\C#N)c2ccccn2)c2ccccc2-3)/C(=C(\C#N)c2ccccn2)c2ccccc2-1)c1ccccn1. The minimum Gasteiger partial charge on any atom is -0.255 e. The molecule has 0 aliphatic heterocycles. The van der Waals surface area contributed by atoms with Crippen molar-refractivity contribution in [3.05, 3.63) is 196 Å². The van der Waals surface area contributed by atoms with Crippen molar-refractivity contribution >= 4 is 33.4 Å². The zero-order valence-corrected chi connectivity index (χ0v) is 28.5. The monoisotopic (exact) mass is 684 g/mol. The van der Waals surface area contributed by atoms with Crippen molar-refractivity contribution in [1.82, 2.24) is 15.0 Å². The van der Waals surface area contributed by atoms with E-state index >= 15 is 0 Å². The third-order valence-electron chi connectivity index (χ3n) is 10.5. The van der Waals surface area contributed by atoms with Crippen LogP contribution in [0.5, 0.6) is 0 Å². The van der Waals surface area contributed by atoms with Gasteiger partial charge in [-0.15, -0.1) is 0 Å². The van der Waals surface area contributed by atoms with Crippen LogP contribution in [0.1, 0.15) is 50.5 Å². The lowest BCUT2D eigenvalue weighted by Crippen LogP contribution is -2.00. The van der Waals surface area contributed by atoms with Gasteiger partial charge < -0.3 is 0 Å². The van der Waals surface area contributed by atoms with Crippen molar-refractivity contribution in [3.63, 3.8) is 0 Å². The molecule has 0 saturated heterocycles. The van der Waals surface area contributed by atoms with E-state index in [1.54, 1.807) is 18.6 Å². The fourth-order valence-electron chi connectivity index (χ4n) is 8.50. The number of hydrogen-bond donors (Lipinski definition) is 0. The molecule has 0 atom stereocenters. The molecular formula is C48H24N6. The van der Waals surface area contributed by atoms with E-state index in [-0.39, 0.29) is 0 Å². The Balaban J connectivity index is 1.51. The van der Waals surface area contributed by atoms with Gasteiger partial charge in [-0.2, -0.15) is 15.8 Å². The lowest BCUT2D eigenvalue weighted by molar-refractivity contribution is 1.28. The smallest absolute Gasteiger partial charge is 0.102 e. The van der Waals surface area contributed by atoms with E-state index in [0.29, 0.717) is 33.8 Å². The molecule has 0 spiro atoms. The Labute approximate surface area is 311 Å². The molecule has 3 aliphatic carbocycles. The summed E-state index contributed by atoms with van der Waals surface area (Å²) in [4.78, 5) is 14.0. The van der Waals surface area contributed by atoms with Gasteiger partial charge in [0.1, 0.15) is 18.2 Å². The molecule has 0 amide bonds. The van der Waals surface area contributed by atoms with Crippen LogP contribution in [0.4, 0.5) is 0 Å². The molecule has 3 heterocycles. The van der Waals surface area contributed by atoms with E-state index in [1.165, 1.54) is 0 Å². The van der Waals surface area contributed by atoms with Crippen LogP contribution in [-0.2, 0) is 0 Å². The molecule has 10 rings (SSSR count). The van der Waals surface area contributed by atoms with Gasteiger partial charge in [-0.05, 0) is 86.5 Å². The van der Waals surface area contributed by atoms with Crippen molar-refractivity contribution in [1.29, 1.82) is 15.8 Å².